The van der Waals surface area contributed by atoms with Gasteiger partial charge in [0, 0.05) is 19.0 Å². The second-order valence-electron chi connectivity index (χ2n) is 5.28. The number of hydrogen-bond donors (Lipinski definition) is 1. The van der Waals surface area contributed by atoms with Crippen molar-refractivity contribution in [3.63, 3.8) is 0 Å². The van der Waals surface area contributed by atoms with Crippen molar-refractivity contribution < 1.29 is 9.53 Å². The van der Waals surface area contributed by atoms with Crippen molar-refractivity contribution in [2.24, 2.45) is 5.92 Å². The number of morpholine rings is 1. The third kappa shape index (κ3) is 4.74. The summed E-state index contributed by atoms with van der Waals surface area (Å²) >= 11 is 12.0. The van der Waals surface area contributed by atoms with Gasteiger partial charge in [0.25, 0.3) is 0 Å². The van der Waals surface area contributed by atoms with Crippen LogP contribution in [-0.2, 0) is 9.53 Å². The second kappa shape index (κ2) is 8.94. The largest absolute Gasteiger partial charge is 0.370 e. The van der Waals surface area contributed by atoms with Crippen LogP contribution in [0.25, 0.3) is 0 Å². The van der Waals surface area contributed by atoms with E-state index in [0.29, 0.717) is 36.3 Å². The van der Waals surface area contributed by atoms with Gasteiger partial charge in [-0.1, -0.05) is 36.2 Å². The van der Waals surface area contributed by atoms with Gasteiger partial charge in [0.15, 0.2) is 0 Å². The van der Waals surface area contributed by atoms with E-state index in [0.717, 1.165) is 5.56 Å². The Balaban J connectivity index is 0.00000242. The van der Waals surface area contributed by atoms with Gasteiger partial charge in [-0.25, -0.2) is 0 Å². The molecular formula is C15H21Cl3N2O2. The molecule has 2 atom stereocenters. The minimum absolute atomic E-state index is 0. The minimum Gasteiger partial charge on any atom is -0.370 e. The van der Waals surface area contributed by atoms with E-state index in [-0.39, 0.29) is 30.3 Å². The van der Waals surface area contributed by atoms with Crippen LogP contribution in [-0.4, -0.2) is 44.1 Å². The molecule has 2 unspecified atom stereocenters. The standard InChI is InChI=1S/C15H20Cl2N2O2.ClH/c1-10(8-18-2)15(20)19-5-6-21-14(9-19)11-3-4-12(16)13(17)7-11;/h3-4,7,10,14,18H,5-6,8-9H2,1-2H3;1H. The fourth-order valence-corrected chi connectivity index (χ4v) is 2.78. The van der Waals surface area contributed by atoms with Gasteiger partial charge in [-0.2, -0.15) is 0 Å². The summed E-state index contributed by atoms with van der Waals surface area (Å²) in [6.07, 6.45) is -0.153. The molecule has 1 fully saturated rings. The number of hydrogen-bond acceptors (Lipinski definition) is 3. The van der Waals surface area contributed by atoms with Crippen LogP contribution in [0.3, 0.4) is 0 Å². The summed E-state index contributed by atoms with van der Waals surface area (Å²) in [6, 6.07) is 5.45. The van der Waals surface area contributed by atoms with Crippen molar-refractivity contribution in [3.05, 3.63) is 33.8 Å². The van der Waals surface area contributed by atoms with Crippen molar-refractivity contribution in [1.29, 1.82) is 0 Å². The first-order valence-corrected chi connectivity index (χ1v) is 7.78. The van der Waals surface area contributed by atoms with Crippen molar-refractivity contribution in [3.8, 4) is 0 Å². The molecule has 1 N–H and O–H groups in total. The Morgan fingerprint density at radius 1 is 1.45 bits per heavy atom. The van der Waals surface area contributed by atoms with Crippen LogP contribution in [0.4, 0.5) is 0 Å². The number of nitrogens with one attached hydrogen (secondary N) is 1. The highest BCUT2D eigenvalue weighted by atomic mass is 35.5. The highest BCUT2D eigenvalue weighted by molar-refractivity contribution is 6.42. The highest BCUT2D eigenvalue weighted by Gasteiger charge is 2.28. The van der Waals surface area contributed by atoms with Gasteiger partial charge in [0.05, 0.1) is 23.2 Å². The van der Waals surface area contributed by atoms with E-state index < -0.39 is 0 Å². The van der Waals surface area contributed by atoms with Crippen LogP contribution in [0.2, 0.25) is 10.0 Å². The number of carbonyl (C=O) groups is 1. The third-order valence-corrected chi connectivity index (χ3v) is 4.36. The van der Waals surface area contributed by atoms with Gasteiger partial charge in [-0.05, 0) is 24.7 Å². The van der Waals surface area contributed by atoms with Crippen LogP contribution < -0.4 is 5.32 Å². The summed E-state index contributed by atoms with van der Waals surface area (Å²) in [7, 11) is 1.85. The molecule has 0 saturated carbocycles. The maximum atomic E-state index is 12.4. The Hall–Kier alpha value is -0.520. The van der Waals surface area contributed by atoms with Gasteiger partial charge in [-0.15, -0.1) is 12.4 Å². The van der Waals surface area contributed by atoms with Crippen molar-refractivity contribution in [2.75, 3.05) is 33.3 Å². The monoisotopic (exact) mass is 366 g/mol. The first-order chi connectivity index (χ1) is 10.0. The number of amides is 1. The number of ether oxygens (including phenoxy) is 1. The summed E-state index contributed by atoms with van der Waals surface area (Å²) in [5.74, 6) is 0.111. The van der Waals surface area contributed by atoms with Crippen molar-refractivity contribution >= 4 is 41.5 Å². The molecule has 0 aliphatic carbocycles. The molecule has 0 bridgehead atoms. The van der Waals surface area contributed by atoms with E-state index >= 15 is 0 Å². The molecule has 1 aliphatic rings. The topological polar surface area (TPSA) is 41.6 Å². The number of carbonyl (C=O) groups excluding carboxylic acids is 1. The van der Waals surface area contributed by atoms with E-state index in [1.165, 1.54) is 0 Å². The molecule has 124 valence electrons. The van der Waals surface area contributed by atoms with Gasteiger partial charge in [0.2, 0.25) is 5.91 Å². The molecule has 1 amide bonds. The molecule has 1 heterocycles. The molecule has 1 aromatic rings. The molecule has 0 aromatic heterocycles. The number of nitrogens with zero attached hydrogens (tertiary/aromatic N) is 1. The molecule has 1 aromatic carbocycles. The molecule has 2 rings (SSSR count). The van der Waals surface area contributed by atoms with Gasteiger partial charge in [-0.3, -0.25) is 4.79 Å². The Bertz CT molecular complexity index is 514. The Morgan fingerprint density at radius 3 is 2.82 bits per heavy atom. The third-order valence-electron chi connectivity index (χ3n) is 3.63. The summed E-state index contributed by atoms with van der Waals surface area (Å²) in [4.78, 5) is 14.2. The fourth-order valence-electron chi connectivity index (χ4n) is 2.47. The molecule has 0 spiro atoms. The number of halogens is 3. The zero-order valence-corrected chi connectivity index (χ0v) is 15.0. The van der Waals surface area contributed by atoms with Gasteiger partial charge >= 0.3 is 0 Å². The highest BCUT2D eigenvalue weighted by Crippen LogP contribution is 2.29. The van der Waals surface area contributed by atoms with Gasteiger partial charge < -0.3 is 15.0 Å². The van der Waals surface area contributed by atoms with Crippen LogP contribution >= 0.6 is 35.6 Å². The molecule has 22 heavy (non-hydrogen) atoms. The van der Waals surface area contributed by atoms with E-state index in [2.05, 4.69) is 5.32 Å². The summed E-state index contributed by atoms with van der Waals surface area (Å²) in [5, 5.41) is 4.06. The lowest BCUT2D eigenvalue weighted by Crippen LogP contribution is -2.46. The molecule has 0 radical (unpaired) electrons. The maximum absolute atomic E-state index is 12.4. The maximum Gasteiger partial charge on any atom is 0.226 e. The predicted molar refractivity (Wildman–Crippen MR) is 92.1 cm³/mol. The average molecular weight is 368 g/mol. The van der Waals surface area contributed by atoms with Crippen LogP contribution in [0, 0.1) is 5.92 Å². The minimum atomic E-state index is -0.153. The summed E-state index contributed by atoms with van der Waals surface area (Å²) < 4.78 is 5.77. The quantitative estimate of drug-likeness (QED) is 0.889. The van der Waals surface area contributed by atoms with Crippen molar-refractivity contribution in [2.45, 2.75) is 13.0 Å². The molecule has 1 aliphatic heterocycles. The zero-order valence-electron chi connectivity index (χ0n) is 12.6. The van der Waals surface area contributed by atoms with Crippen LogP contribution in [0.1, 0.15) is 18.6 Å². The lowest BCUT2D eigenvalue weighted by molar-refractivity contribution is -0.142. The van der Waals surface area contributed by atoms with E-state index in [1.807, 2.05) is 24.9 Å². The molecule has 7 heteroatoms. The Morgan fingerprint density at radius 2 is 2.18 bits per heavy atom. The second-order valence-corrected chi connectivity index (χ2v) is 6.09. The lowest BCUT2D eigenvalue weighted by Gasteiger charge is -2.34. The van der Waals surface area contributed by atoms with E-state index in [9.17, 15) is 4.79 Å². The summed E-state index contributed by atoms with van der Waals surface area (Å²) in [5.41, 5.74) is 0.947. The first kappa shape index (κ1) is 19.5. The number of rotatable bonds is 4. The van der Waals surface area contributed by atoms with Crippen LogP contribution in [0.5, 0.6) is 0 Å². The van der Waals surface area contributed by atoms with Gasteiger partial charge in [0.1, 0.15) is 6.10 Å². The SMILES string of the molecule is CNCC(C)C(=O)N1CCOC(c2ccc(Cl)c(Cl)c2)C1.Cl. The molecular weight excluding hydrogens is 347 g/mol. The molecule has 1 saturated heterocycles. The Labute approximate surface area is 147 Å². The first-order valence-electron chi connectivity index (χ1n) is 7.03. The number of benzene rings is 1. The molecule has 4 nitrogen and oxygen atoms in total. The zero-order chi connectivity index (χ0) is 15.4. The smallest absolute Gasteiger partial charge is 0.226 e. The predicted octanol–water partition coefficient (Wildman–Crippen LogP) is 3.17. The van der Waals surface area contributed by atoms with E-state index in [4.69, 9.17) is 27.9 Å². The average Bonchev–Trinajstić information content (AvgIpc) is 2.49. The Kier molecular flexibility index (Phi) is 7.94. The normalized spacial score (nSPS) is 19.5. The van der Waals surface area contributed by atoms with Crippen molar-refractivity contribution in [1.82, 2.24) is 10.2 Å². The fraction of sp³-hybridized carbons (Fsp3) is 0.533. The van der Waals surface area contributed by atoms with E-state index in [1.54, 1.807) is 12.1 Å². The summed E-state index contributed by atoms with van der Waals surface area (Å²) in [6.45, 7) is 4.31. The lowest BCUT2D eigenvalue weighted by atomic mass is 10.1. The van der Waals surface area contributed by atoms with Crippen LogP contribution in [0.15, 0.2) is 18.2 Å².